The van der Waals surface area contributed by atoms with Gasteiger partial charge < -0.3 is 9.84 Å². The van der Waals surface area contributed by atoms with E-state index in [1.807, 2.05) is 0 Å². The van der Waals surface area contributed by atoms with E-state index >= 15 is 0 Å². The van der Waals surface area contributed by atoms with Gasteiger partial charge in [0, 0.05) is 19.6 Å². The van der Waals surface area contributed by atoms with Crippen molar-refractivity contribution in [2.75, 3.05) is 32.8 Å². The molecule has 8 nitrogen and oxygen atoms in total. The first-order chi connectivity index (χ1) is 10.1. The van der Waals surface area contributed by atoms with E-state index in [1.165, 1.54) is 8.61 Å². The van der Waals surface area contributed by atoms with E-state index in [-0.39, 0.29) is 12.6 Å². The molecule has 1 aromatic rings. The van der Waals surface area contributed by atoms with Gasteiger partial charge in [0.1, 0.15) is 0 Å². The van der Waals surface area contributed by atoms with Crippen molar-refractivity contribution in [3.8, 4) is 0 Å². The maximum Gasteiger partial charge on any atom is 0.282 e. The second kappa shape index (κ2) is 6.01. The van der Waals surface area contributed by atoms with Gasteiger partial charge in [0.15, 0.2) is 0 Å². The zero-order valence-corrected chi connectivity index (χ0v) is 12.5. The van der Waals surface area contributed by atoms with Crippen molar-refractivity contribution in [1.82, 2.24) is 18.8 Å². The Hall–Kier alpha value is -1.00. The molecule has 1 atom stereocenters. The van der Waals surface area contributed by atoms with Crippen LogP contribution in [0.25, 0.3) is 0 Å². The number of nitrogens with zero attached hydrogens (tertiary/aromatic N) is 3. The van der Waals surface area contributed by atoms with Gasteiger partial charge in [0.05, 0.1) is 37.3 Å². The Kier molecular flexibility index (Phi) is 4.27. The van der Waals surface area contributed by atoms with Crippen LogP contribution in [0.3, 0.4) is 0 Å². The Bertz CT molecular complexity index is 582. The molecule has 9 heteroatoms. The van der Waals surface area contributed by atoms with Gasteiger partial charge in [-0.05, 0) is 18.9 Å². The fourth-order valence-corrected chi connectivity index (χ4v) is 4.67. The van der Waals surface area contributed by atoms with Crippen LogP contribution in [-0.2, 0) is 21.6 Å². The summed E-state index contributed by atoms with van der Waals surface area (Å²) in [5.41, 5.74) is 1.27. The summed E-state index contributed by atoms with van der Waals surface area (Å²) < 4.78 is 33.7. The minimum atomic E-state index is -3.49. The van der Waals surface area contributed by atoms with Crippen molar-refractivity contribution in [3.05, 3.63) is 17.5 Å². The number of aromatic amines is 1. The summed E-state index contributed by atoms with van der Waals surface area (Å²) in [6.45, 7) is 2.05. The number of hydrogen-bond donors (Lipinski definition) is 2. The fourth-order valence-electron chi connectivity index (χ4n) is 2.87. The zero-order valence-electron chi connectivity index (χ0n) is 11.7. The molecular formula is C12H20N4O4S. The minimum absolute atomic E-state index is 0.129. The van der Waals surface area contributed by atoms with Gasteiger partial charge in [-0.15, -0.1) is 0 Å². The first-order valence-corrected chi connectivity index (χ1v) is 8.52. The van der Waals surface area contributed by atoms with E-state index in [1.54, 1.807) is 6.07 Å². The highest BCUT2D eigenvalue weighted by molar-refractivity contribution is 7.86. The van der Waals surface area contributed by atoms with Crippen LogP contribution >= 0.6 is 0 Å². The summed E-state index contributed by atoms with van der Waals surface area (Å²) in [6.07, 6.45) is 1.56. The number of H-pyrrole nitrogens is 1. The third-order valence-electron chi connectivity index (χ3n) is 3.96. The molecule has 0 spiro atoms. The summed E-state index contributed by atoms with van der Waals surface area (Å²) in [6, 6.07) is 1.48. The third-order valence-corrected chi connectivity index (χ3v) is 6.01. The predicted molar refractivity (Wildman–Crippen MR) is 74.5 cm³/mol. The Labute approximate surface area is 123 Å². The molecular weight excluding hydrogens is 296 g/mol. The topological polar surface area (TPSA) is 98.8 Å². The number of aliphatic hydroxyl groups is 1. The number of rotatable bonds is 4. The monoisotopic (exact) mass is 316 g/mol. The first-order valence-electron chi connectivity index (χ1n) is 7.12. The van der Waals surface area contributed by atoms with E-state index in [0.717, 1.165) is 12.8 Å². The largest absolute Gasteiger partial charge is 0.390 e. The van der Waals surface area contributed by atoms with Crippen molar-refractivity contribution in [2.45, 2.75) is 25.5 Å². The summed E-state index contributed by atoms with van der Waals surface area (Å²) in [7, 11) is -3.49. The zero-order chi connectivity index (χ0) is 14.9. The standard InChI is InChI=1S/C12H20N4O4S/c17-9-10-8-11(14-13-10)12-2-1-3-16(12)21(18,19)15-4-6-20-7-5-15/h8,12,17H,1-7,9H2,(H,13,14). The first kappa shape index (κ1) is 14.9. The van der Waals surface area contributed by atoms with Crippen LogP contribution in [0.1, 0.15) is 30.3 Å². The molecule has 3 rings (SSSR count). The summed E-state index contributed by atoms with van der Waals surface area (Å²) in [4.78, 5) is 0. The normalized spacial score (nSPS) is 25.5. The molecule has 0 amide bonds. The van der Waals surface area contributed by atoms with Crippen molar-refractivity contribution < 1.29 is 18.3 Å². The van der Waals surface area contributed by atoms with Gasteiger partial charge >= 0.3 is 0 Å². The van der Waals surface area contributed by atoms with Gasteiger partial charge in [0.2, 0.25) is 0 Å². The Balaban J connectivity index is 1.82. The van der Waals surface area contributed by atoms with Crippen LogP contribution in [0.2, 0.25) is 0 Å². The number of aliphatic hydroxyl groups excluding tert-OH is 1. The van der Waals surface area contributed by atoms with Crippen LogP contribution in [0.5, 0.6) is 0 Å². The van der Waals surface area contributed by atoms with Gasteiger partial charge in [-0.3, -0.25) is 5.10 Å². The smallest absolute Gasteiger partial charge is 0.282 e. The molecule has 2 fully saturated rings. The molecule has 0 radical (unpaired) electrons. The number of hydrogen-bond acceptors (Lipinski definition) is 5. The molecule has 1 aromatic heterocycles. The lowest BCUT2D eigenvalue weighted by molar-refractivity contribution is 0.0698. The molecule has 0 saturated carbocycles. The third kappa shape index (κ3) is 2.84. The molecule has 3 heterocycles. The van der Waals surface area contributed by atoms with Crippen LogP contribution < -0.4 is 0 Å². The summed E-state index contributed by atoms with van der Waals surface area (Å²) in [5.74, 6) is 0. The number of ether oxygens (including phenoxy) is 1. The van der Waals surface area contributed by atoms with Crippen LogP contribution in [-0.4, -0.2) is 65.2 Å². The molecule has 1 unspecified atom stereocenters. The van der Waals surface area contributed by atoms with Gasteiger partial charge in [0.25, 0.3) is 10.2 Å². The van der Waals surface area contributed by atoms with Crippen molar-refractivity contribution in [3.63, 3.8) is 0 Å². The number of nitrogens with one attached hydrogen (secondary N) is 1. The highest BCUT2D eigenvalue weighted by Gasteiger charge is 2.40. The average Bonchev–Trinajstić information content (AvgIpc) is 3.16. The lowest BCUT2D eigenvalue weighted by atomic mass is 10.1. The molecule has 21 heavy (non-hydrogen) atoms. The van der Waals surface area contributed by atoms with Crippen molar-refractivity contribution >= 4 is 10.2 Å². The lowest BCUT2D eigenvalue weighted by Crippen LogP contribution is -2.48. The second-order valence-corrected chi connectivity index (χ2v) is 7.15. The summed E-state index contributed by atoms with van der Waals surface area (Å²) in [5, 5.41) is 16.0. The molecule has 2 N–H and O–H groups in total. The number of aromatic nitrogens is 2. The maximum atomic E-state index is 12.8. The SMILES string of the molecule is O=S(=O)(N1CCOCC1)N1CCCC1c1cc(CO)[nH]n1. The molecule has 0 aliphatic carbocycles. The molecule has 0 aromatic carbocycles. The second-order valence-electron chi connectivity index (χ2n) is 5.26. The quantitative estimate of drug-likeness (QED) is 0.789. The van der Waals surface area contributed by atoms with E-state index < -0.39 is 10.2 Å². The number of morpholine rings is 1. The molecule has 2 saturated heterocycles. The average molecular weight is 316 g/mol. The molecule has 0 bridgehead atoms. The van der Waals surface area contributed by atoms with Gasteiger partial charge in [-0.1, -0.05) is 0 Å². The van der Waals surface area contributed by atoms with E-state index in [4.69, 9.17) is 9.84 Å². The Morgan fingerprint density at radius 3 is 2.81 bits per heavy atom. The lowest BCUT2D eigenvalue weighted by Gasteiger charge is -2.32. The highest BCUT2D eigenvalue weighted by atomic mass is 32.2. The highest BCUT2D eigenvalue weighted by Crippen LogP contribution is 2.34. The van der Waals surface area contributed by atoms with Crippen LogP contribution in [0.4, 0.5) is 0 Å². The molecule has 118 valence electrons. The Morgan fingerprint density at radius 2 is 2.14 bits per heavy atom. The van der Waals surface area contributed by atoms with Gasteiger partial charge in [-0.2, -0.15) is 22.1 Å². The maximum absolute atomic E-state index is 12.8. The Morgan fingerprint density at radius 1 is 1.38 bits per heavy atom. The minimum Gasteiger partial charge on any atom is -0.390 e. The van der Waals surface area contributed by atoms with E-state index in [0.29, 0.717) is 44.2 Å². The van der Waals surface area contributed by atoms with Crippen LogP contribution in [0, 0.1) is 0 Å². The van der Waals surface area contributed by atoms with Crippen molar-refractivity contribution in [1.29, 1.82) is 0 Å². The van der Waals surface area contributed by atoms with E-state index in [9.17, 15) is 8.42 Å². The van der Waals surface area contributed by atoms with E-state index in [2.05, 4.69) is 10.2 Å². The molecule has 2 aliphatic heterocycles. The van der Waals surface area contributed by atoms with Gasteiger partial charge in [-0.25, -0.2) is 0 Å². The van der Waals surface area contributed by atoms with Crippen molar-refractivity contribution in [2.24, 2.45) is 0 Å². The summed E-state index contributed by atoms with van der Waals surface area (Å²) >= 11 is 0. The fraction of sp³-hybridized carbons (Fsp3) is 0.750. The predicted octanol–water partition coefficient (Wildman–Crippen LogP) is -0.384. The van der Waals surface area contributed by atoms with Crippen LogP contribution in [0.15, 0.2) is 6.07 Å². The molecule has 2 aliphatic rings.